The summed E-state index contributed by atoms with van der Waals surface area (Å²) in [5.41, 5.74) is 22.1. The number of para-hydroxylation sites is 2. The summed E-state index contributed by atoms with van der Waals surface area (Å²) in [6.45, 7) is 14.8. The maximum absolute atomic E-state index is 5.41. The minimum Gasteiger partial charge on any atom is -0.334 e. The summed E-state index contributed by atoms with van der Waals surface area (Å²) in [4.78, 5) is 16.1. The highest BCUT2D eigenvalue weighted by atomic mass is 15.3. The third-order valence-electron chi connectivity index (χ3n) is 18.6. The van der Waals surface area contributed by atoms with Gasteiger partial charge in [-0.2, -0.15) is 0 Å². The Hall–Kier alpha value is -6.78. The molecule has 5 aliphatic rings. The Labute approximate surface area is 409 Å². The molecule has 0 bridgehead atoms. The third-order valence-corrected chi connectivity index (χ3v) is 18.6. The highest BCUT2D eigenvalue weighted by molar-refractivity contribution is 5.87. The molecule has 0 amide bonds. The SMILES string of the molecule is CC1(C)c2cc(-c3cccc(-c4ccc5c(c4)C4(C)CCCCC4(C)N5c4ccccc4)n3)ccc2-c2ccc(-c3cccc(-c4ccc5c(c4)C4(C)CCCCC4(C)N5c4ccccc4)n3)cc21. The minimum absolute atomic E-state index is 0.0181. The van der Waals surface area contributed by atoms with E-state index < -0.39 is 0 Å². The van der Waals surface area contributed by atoms with Crippen LogP contribution in [0, 0.1) is 0 Å². The second-order valence-electron chi connectivity index (χ2n) is 22.4. The van der Waals surface area contributed by atoms with Crippen molar-refractivity contribution >= 4 is 22.7 Å². The Balaban J connectivity index is 0.806. The fourth-order valence-electron chi connectivity index (χ4n) is 14.3. The minimum atomic E-state index is -0.203. The van der Waals surface area contributed by atoms with E-state index in [0.29, 0.717) is 0 Å². The number of fused-ring (bicyclic) bond motifs is 9. The van der Waals surface area contributed by atoms with Gasteiger partial charge in [0.25, 0.3) is 0 Å². The number of nitrogens with zero attached hydrogens (tertiary/aromatic N) is 4. The third kappa shape index (κ3) is 6.00. The highest BCUT2D eigenvalue weighted by Gasteiger charge is 2.59. The van der Waals surface area contributed by atoms with E-state index in [9.17, 15) is 0 Å². The summed E-state index contributed by atoms with van der Waals surface area (Å²) in [7, 11) is 0. The van der Waals surface area contributed by atoms with Crippen molar-refractivity contribution in [1.82, 2.24) is 9.97 Å². The second-order valence-corrected chi connectivity index (χ2v) is 22.4. The van der Waals surface area contributed by atoms with E-state index in [0.717, 1.165) is 33.9 Å². The van der Waals surface area contributed by atoms with Gasteiger partial charge in [0.05, 0.1) is 33.9 Å². The van der Waals surface area contributed by atoms with Gasteiger partial charge in [-0.25, -0.2) is 9.97 Å². The molecular formula is C65H62N4. The van der Waals surface area contributed by atoms with Crippen LogP contribution in [0.25, 0.3) is 56.2 Å². The Bertz CT molecular complexity index is 3130. The van der Waals surface area contributed by atoms with Gasteiger partial charge in [-0.3, -0.25) is 0 Å². The van der Waals surface area contributed by atoms with Crippen molar-refractivity contribution in [2.45, 2.75) is 120 Å². The summed E-state index contributed by atoms with van der Waals surface area (Å²) in [6.07, 6.45) is 9.81. The van der Waals surface area contributed by atoms with Gasteiger partial charge in [0, 0.05) is 61.2 Å². The molecule has 13 rings (SSSR count). The topological polar surface area (TPSA) is 32.3 Å². The number of hydrogen-bond acceptors (Lipinski definition) is 4. The molecule has 4 unspecified atom stereocenters. The summed E-state index contributed by atoms with van der Waals surface area (Å²) in [6, 6.07) is 63.4. The molecule has 4 nitrogen and oxygen atoms in total. The molecule has 2 aliphatic heterocycles. The molecule has 4 heterocycles. The monoisotopic (exact) mass is 898 g/mol. The average Bonchev–Trinajstić information content (AvgIpc) is 3.84. The molecule has 3 aliphatic carbocycles. The van der Waals surface area contributed by atoms with Crippen LogP contribution in [0.4, 0.5) is 22.7 Å². The Morgan fingerprint density at radius 3 is 1.09 bits per heavy atom. The van der Waals surface area contributed by atoms with Crippen LogP contribution in [0.5, 0.6) is 0 Å². The maximum atomic E-state index is 5.41. The van der Waals surface area contributed by atoms with Crippen molar-refractivity contribution in [1.29, 1.82) is 0 Å². The molecule has 4 atom stereocenters. The lowest BCUT2D eigenvalue weighted by Crippen LogP contribution is -2.54. The molecule has 2 aromatic heterocycles. The van der Waals surface area contributed by atoms with Gasteiger partial charge in [0.1, 0.15) is 0 Å². The van der Waals surface area contributed by atoms with Gasteiger partial charge in [-0.15, -0.1) is 0 Å². The van der Waals surface area contributed by atoms with Crippen LogP contribution in [0.3, 0.4) is 0 Å². The zero-order valence-electron chi connectivity index (χ0n) is 41.1. The van der Waals surface area contributed by atoms with Crippen molar-refractivity contribution in [3.8, 4) is 56.2 Å². The van der Waals surface area contributed by atoms with E-state index in [1.165, 1.54) is 119 Å². The summed E-state index contributed by atoms with van der Waals surface area (Å²) < 4.78 is 0. The van der Waals surface area contributed by atoms with Crippen LogP contribution < -0.4 is 9.80 Å². The predicted octanol–water partition coefficient (Wildman–Crippen LogP) is 16.9. The summed E-state index contributed by atoms with van der Waals surface area (Å²) in [5.74, 6) is 0. The Morgan fingerprint density at radius 2 is 0.696 bits per heavy atom. The Morgan fingerprint density at radius 1 is 0.348 bits per heavy atom. The average molecular weight is 899 g/mol. The van der Waals surface area contributed by atoms with Crippen molar-refractivity contribution in [3.63, 3.8) is 0 Å². The van der Waals surface area contributed by atoms with Gasteiger partial charge >= 0.3 is 0 Å². The molecule has 2 saturated carbocycles. The van der Waals surface area contributed by atoms with E-state index in [2.05, 4.69) is 221 Å². The number of pyridine rings is 2. The van der Waals surface area contributed by atoms with E-state index >= 15 is 0 Å². The molecule has 2 fully saturated rings. The second kappa shape index (κ2) is 15.1. The molecule has 0 N–H and O–H groups in total. The number of benzene rings is 6. The maximum Gasteiger partial charge on any atom is 0.0709 e. The van der Waals surface area contributed by atoms with Gasteiger partial charge in [0.15, 0.2) is 0 Å². The quantitative estimate of drug-likeness (QED) is 0.166. The van der Waals surface area contributed by atoms with E-state index in [4.69, 9.17) is 9.97 Å². The van der Waals surface area contributed by atoms with Crippen LogP contribution in [0.2, 0.25) is 0 Å². The lowest BCUT2D eigenvalue weighted by Gasteiger charge is -2.50. The molecule has 4 heteroatoms. The van der Waals surface area contributed by atoms with Gasteiger partial charge in [0.2, 0.25) is 0 Å². The van der Waals surface area contributed by atoms with Gasteiger partial charge in [-0.05, 0) is 158 Å². The predicted molar refractivity (Wildman–Crippen MR) is 287 cm³/mol. The summed E-state index contributed by atoms with van der Waals surface area (Å²) >= 11 is 0. The van der Waals surface area contributed by atoms with Crippen LogP contribution in [-0.4, -0.2) is 21.0 Å². The van der Waals surface area contributed by atoms with Crippen LogP contribution in [0.15, 0.2) is 170 Å². The Kier molecular flexibility index (Phi) is 9.27. The smallest absolute Gasteiger partial charge is 0.0709 e. The van der Waals surface area contributed by atoms with Crippen molar-refractivity contribution < 1.29 is 0 Å². The van der Waals surface area contributed by atoms with Crippen molar-refractivity contribution in [3.05, 3.63) is 192 Å². The largest absolute Gasteiger partial charge is 0.334 e. The number of hydrogen-bond donors (Lipinski definition) is 0. The van der Waals surface area contributed by atoms with E-state index in [-0.39, 0.29) is 27.3 Å². The summed E-state index contributed by atoms with van der Waals surface area (Å²) in [5, 5.41) is 0. The lowest BCUT2D eigenvalue weighted by molar-refractivity contribution is 0.195. The number of aromatic nitrogens is 2. The lowest BCUT2D eigenvalue weighted by atomic mass is 9.61. The normalized spacial score (nSPS) is 24.8. The van der Waals surface area contributed by atoms with Gasteiger partial charge in [-0.1, -0.05) is 138 Å². The van der Waals surface area contributed by atoms with E-state index in [1.54, 1.807) is 0 Å². The van der Waals surface area contributed by atoms with Crippen molar-refractivity contribution in [2.75, 3.05) is 9.80 Å². The zero-order valence-corrected chi connectivity index (χ0v) is 41.1. The molecule has 0 spiro atoms. The molecule has 0 radical (unpaired) electrons. The molecule has 69 heavy (non-hydrogen) atoms. The molecule has 0 saturated heterocycles. The van der Waals surface area contributed by atoms with Crippen LogP contribution in [0.1, 0.15) is 115 Å². The standard InChI is InChI=1S/C65H62N4/c1-61(2)51-39-43(55-23-17-25-57(66-55)45-29-33-59-53(41-45)62(3)35-13-15-37-64(62,5)68(59)47-19-9-7-10-20-47)27-31-49(51)50-32-28-44(40-52(50)61)56-24-18-26-58(67-56)46-30-34-60-54(42-46)63(4)36-14-16-38-65(63,6)69(60)48-21-11-8-12-22-48/h7-12,17-34,39-42H,13-16,35-38H2,1-6H3. The first-order valence-electron chi connectivity index (χ1n) is 25.7. The van der Waals surface area contributed by atoms with Crippen LogP contribution in [-0.2, 0) is 16.2 Å². The first kappa shape index (κ1) is 42.3. The highest BCUT2D eigenvalue weighted by Crippen LogP contribution is 2.63. The number of rotatable bonds is 6. The zero-order chi connectivity index (χ0) is 46.9. The number of anilines is 4. The molecule has 342 valence electrons. The molecule has 6 aromatic carbocycles. The molecular weight excluding hydrogens is 837 g/mol. The van der Waals surface area contributed by atoms with Crippen molar-refractivity contribution in [2.24, 2.45) is 0 Å². The van der Waals surface area contributed by atoms with Gasteiger partial charge < -0.3 is 9.80 Å². The first-order valence-corrected chi connectivity index (χ1v) is 25.7. The van der Waals surface area contributed by atoms with Crippen LogP contribution >= 0.6 is 0 Å². The molecule has 8 aromatic rings. The fraction of sp³-hybridized carbons (Fsp3) is 0.292. The first-order chi connectivity index (χ1) is 33.4. The fourth-order valence-corrected chi connectivity index (χ4v) is 14.3. The van der Waals surface area contributed by atoms with E-state index in [1.807, 2.05) is 0 Å².